The third kappa shape index (κ3) is 2.53. The molecule has 102 valence electrons. The summed E-state index contributed by atoms with van der Waals surface area (Å²) in [5.41, 5.74) is 0. The molecule has 3 rings (SSSR count). The average molecular weight is 269 g/mol. The van der Waals surface area contributed by atoms with Gasteiger partial charge in [-0.15, -0.1) is 11.8 Å². The normalized spacial score (nSPS) is 31.8. The molecule has 4 nitrogen and oxygen atoms in total. The number of piperidine rings is 2. The van der Waals surface area contributed by atoms with Crippen LogP contribution in [0.5, 0.6) is 0 Å². The molecule has 18 heavy (non-hydrogen) atoms. The summed E-state index contributed by atoms with van der Waals surface area (Å²) in [4.78, 5) is 14.7. The maximum atomic E-state index is 12.5. The van der Waals surface area contributed by atoms with Crippen molar-refractivity contribution in [1.82, 2.24) is 15.5 Å². The van der Waals surface area contributed by atoms with E-state index in [1.54, 1.807) is 0 Å². The van der Waals surface area contributed by atoms with Gasteiger partial charge in [0.05, 0.1) is 10.9 Å². The molecule has 0 aromatic heterocycles. The lowest BCUT2D eigenvalue weighted by Crippen LogP contribution is -2.54. The molecular formula is C13H23N3OS. The summed E-state index contributed by atoms with van der Waals surface area (Å²) < 4.78 is 0. The van der Waals surface area contributed by atoms with Crippen LogP contribution >= 0.6 is 11.8 Å². The van der Waals surface area contributed by atoms with Crippen molar-refractivity contribution in [2.75, 3.05) is 31.9 Å². The maximum absolute atomic E-state index is 12.5. The fraction of sp³-hybridized carbons (Fsp3) is 0.923. The van der Waals surface area contributed by atoms with E-state index in [0.29, 0.717) is 5.91 Å². The molecule has 0 unspecified atom stereocenters. The van der Waals surface area contributed by atoms with Crippen LogP contribution < -0.4 is 10.6 Å². The Balaban J connectivity index is 1.59. The maximum Gasteiger partial charge on any atom is 0.240 e. The van der Waals surface area contributed by atoms with Gasteiger partial charge in [0.15, 0.2) is 0 Å². The van der Waals surface area contributed by atoms with Gasteiger partial charge in [-0.25, -0.2) is 0 Å². The quantitative estimate of drug-likeness (QED) is 0.738. The van der Waals surface area contributed by atoms with E-state index in [2.05, 4.69) is 15.5 Å². The van der Waals surface area contributed by atoms with Crippen LogP contribution in [0.3, 0.4) is 0 Å². The zero-order valence-corrected chi connectivity index (χ0v) is 11.7. The summed E-state index contributed by atoms with van der Waals surface area (Å²) in [7, 11) is 0. The number of hydrogen-bond donors (Lipinski definition) is 2. The van der Waals surface area contributed by atoms with Gasteiger partial charge in [0.25, 0.3) is 0 Å². The topological polar surface area (TPSA) is 44.4 Å². The molecule has 0 aliphatic carbocycles. The number of carbonyl (C=O) groups excluding carboxylic acids is 1. The van der Waals surface area contributed by atoms with Crippen molar-refractivity contribution in [3.8, 4) is 0 Å². The minimum absolute atomic E-state index is 0.0613. The molecule has 1 spiro atoms. The lowest BCUT2D eigenvalue weighted by molar-refractivity contribution is -0.133. The second kappa shape index (κ2) is 5.39. The number of carbonyl (C=O) groups is 1. The molecule has 0 saturated carbocycles. The van der Waals surface area contributed by atoms with Gasteiger partial charge in [0, 0.05) is 18.8 Å². The standard InChI is InChI=1S/C13H23N3OS/c17-12(16-8-2-1-3-9-16)11-10-18-13(15-11)4-6-14-7-5-13/h11,14-15H,1-10H2/t11-/m0/s1. The minimum atomic E-state index is 0.0613. The zero-order valence-electron chi connectivity index (χ0n) is 10.9. The Hall–Kier alpha value is -0.260. The van der Waals surface area contributed by atoms with Gasteiger partial charge in [-0.1, -0.05) is 0 Å². The van der Waals surface area contributed by atoms with E-state index in [4.69, 9.17) is 0 Å². The highest BCUT2D eigenvalue weighted by molar-refractivity contribution is 8.01. The van der Waals surface area contributed by atoms with Gasteiger partial charge in [0.2, 0.25) is 5.91 Å². The Bertz CT molecular complexity index is 311. The highest BCUT2D eigenvalue weighted by atomic mass is 32.2. The van der Waals surface area contributed by atoms with E-state index < -0.39 is 0 Å². The van der Waals surface area contributed by atoms with Crippen molar-refractivity contribution >= 4 is 17.7 Å². The summed E-state index contributed by atoms with van der Waals surface area (Å²) >= 11 is 1.97. The van der Waals surface area contributed by atoms with Crippen LogP contribution in [0.25, 0.3) is 0 Å². The SMILES string of the molecule is O=C([C@@H]1CSC2(CCNCC2)N1)N1CCCCC1. The van der Waals surface area contributed by atoms with Crippen molar-refractivity contribution in [3.63, 3.8) is 0 Å². The zero-order chi connectivity index (χ0) is 12.4. The summed E-state index contributed by atoms with van der Waals surface area (Å²) in [6, 6.07) is 0.0613. The van der Waals surface area contributed by atoms with E-state index in [1.165, 1.54) is 19.3 Å². The molecule has 3 fully saturated rings. The van der Waals surface area contributed by atoms with Gasteiger partial charge in [-0.3, -0.25) is 10.1 Å². The van der Waals surface area contributed by atoms with Crippen LogP contribution in [-0.2, 0) is 4.79 Å². The van der Waals surface area contributed by atoms with Crippen molar-refractivity contribution in [2.45, 2.75) is 43.0 Å². The van der Waals surface area contributed by atoms with E-state index >= 15 is 0 Å². The fourth-order valence-corrected chi connectivity index (χ4v) is 4.66. The van der Waals surface area contributed by atoms with Gasteiger partial charge >= 0.3 is 0 Å². The highest BCUT2D eigenvalue weighted by Crippen LogP contribution is 2.37. The predicted octanol–water partition coefficient (Wildman–Crippen LogP) is 0.784. The van der Waals surface area contributed by atoms with Crippen molar-refractivity contribution < 1.29 is 4.79 Å². The first-order valence-corrected chi connectivity index (χ1v) is 8.19. The fourth-order valence-electron chi connectivity index (χ4n) is 3.23. The molecule has 1 atom stereocenters. The summed E-state index contributed by atoms with van der Waals surface area (Å²) in [6.07, 6.45) is 5.93. The van der Waals surface area contributed by atoms with Crippen molar-refractivity contribution in [3.05, 3.63) is 0 Å². The smallest absolute Gasteiger partial charge is 0.240 e. The second-order valence-electron chi connectivity index (χ2n) is 5.64. The average Bonchev–Trinajstić information content (AvgIpc) is 2.83. The van der Waals surface area contributed by atoms with E-state index in [0.717, 1.165) is 44.8 Å². The minimum Gasteiger partial charge on any atom is -0.341 e. The number of hydrogen-bond acceptors (Lipinski definition) is 4. The number of likely N-dealkylation sites (tertiary alicyclic amines) is 1. The first kappa shape index (κ1) is 12.8. The van der Waals surface area contributed by atoms with Crippen LogP contribution in [0.2, 0.25) is 0 Å². The molecule has 2 N–H and O–H groups in total. The molecule has 3 aliphatic rings. The predicted molar refractivity (Wildman–Crippen MR) is 74.6 cm³/mol. The van der Waals surface area contributed by atoms with Gasteiger partial charge < -0.3 is 10.2 Å². The Morgan fingerprint density at radius 1 is 1.17 bits per heavy atom. The molecule has 0 radical (unpaired) electrons. The molecule has 5 heteroatoms. The van der Waals surface area contributed by atoms with Crippen LogP contribution in [0.1, 0.15) is 32.1 Å². The molecule has 1 amide bonds. The summed E-state index contributed by atoms with van der Waals surface area (Å²) in [5, 5.41) is 7.03. The number of nitrogens with one attached hydrogen (secondary N) is 2. The van der Waals surface area contributed by atoms with E-state index in [-0.39, 0.29) is 10.9 Å². The molecule has 3 aliphatic heterocycles. The molecule has 3 saturated heterocycles. The van der Waals surface area contributed by atoms with E-state index in [9.17, 15) is 4.79 Å². The molecule has 0 bridgehead atoms. The third-order valence-corrected chi connectivity index (χ3v) is 5.92. The van der Waals surface area contributed by atoms with Gasteiger partial charge in [0.1, 0.15) is 0 Å². The number of rotatable bonds is 1. The van der Waals surface area contributed by atoms with Crippen molar-refractivity contribution in [2.24, 2.45) is 0 Å². The van der Waals surface area contributed by atoms with Gasteiger partial charge in [-0.2, -0.15) is 0 Å². The molecule has 3 heterocycles. The molecule has 0 aromatic carbocycles. The number of amides is 1. The monoisotopic (exact) mass is 269 g/mol. The lowest BCUT2D eigenvalue weighted by atomic mass is 10.0. The second-order valence-corrected chi connectivity index (χ2v) is 7.04. The Morgan fingerprint density at radius 2 is 1.89 bits per heavy atom. The largest absolute Gasteiger partial charge is 0.341 e. The Kier molecular flexibility index (Phi) is 3.82. The lowest BCUT2D eigenvalue weighted by Gasteiger charge is -2.35. The van der Waals surface area contributed by atoms with Crippen molar-refractivity contribution in [1.29, 1.82) is 0 Å². The van der Waals surface area contributed by atoms with Gasteiger partial charge in [-0.05, 0) is 45.2 Å². The van der Waals surface area contributed by atoms with Crippen LogP contribution in [0, 0.1) is 0 Å². The first-order valence-electron chi connectivity index (χ1n) is 7.20. The summed E-state index contributed by atoms with van der Waals surface area (Å²) in [6.45, 7) is 4.09. The Labute approximate surface area is 113 Å². The molecular weight excluding hydrogens is 246 g/mol. The van der Waals surface area contributed by atoms with Crippen LogP contribution in [-0.4, -0.2) is 53.7 Å². The van der Waals surface area contributed by atoms with Crippen LogP contribution in [0.15, 0.2) is 0 Å². The number of nitrogens with zero attached hydrogens (tertiary/aromatic N) is 1. The summed E-state index contributed by atoms with van der Waals surface area (Å²) in [5.74, 6) is 1.30. The molecule has 0 aromatic rings. The van der Waals surface area contributed by atoms with E-state index in [1.807, 2.05) is 11.8 Å². The third-order valence-electron chi connectivity index (χ3n) is 4.34. The van der Waals surface area contributed by atoms with Crippen LogP contribution in [0.4, 0.5) is 0 Å². The highest BCUT2D eigenvalue weighted by Gasteiger charge is 2.43. The number of thioether (sulfide) groups is 1. The Morgan fingerprint density at radius 3 is 2.61 bits per heavy atom. The first-order chi connectivity index (χ1) is 8.79.